The summed E-state index contributed by atoms with van der Waals surface area (Å²) >= 11 is 0. The number of para-hydroxylation sites is 4. The normalized spacial score (nSPS) is 12.0. The highest BCUT2D eigenvalue weighted by molar-refractivity contribution is 6.25. The maximum Gasteiger partial charge on any atom is 0.145 e. The molecule has 0 fully saturated rings. The van der Waals surface area contributed by atoms with E-state index in [9.17, 15) is 10.5 Å². The van der Waals surface area contributed by atoms with Gasteiger partial charge in [-0.25, -0.2) is 0 Å². The van der Waals surface area contributed by atoms with E-state index < -0.39 is 0 Å². The number of nitriles is 2. The summed E-state index contributed by atoms with van der Waals surface area (Å²) in [6, 6.07) is 49.4. The van der Waals surface area contributed by atoms with Crippen LogP contribution in [-0.2, 0) is 0 Å². The first-order chi connectivity index (χ1) is 24.7. The Morgan fingerprint density at radius 1 is 0.400 bits per heavy atom. The van der Waals surface area contributed by atoms with E-state index in [1.165, 1.54) is 0 Å². The summed E-state index contributed by atoms with van der Waals surface area (Å²) < 4.78 is 17.1. The molecule has 6 heteroatoms. The zero-order valence-electron chi connectivity index (χ0n) is 26.3. The van der Waals surface area contributed by atoms with Gasteiger partial charge in [0.15, 0.2) is 0 Å². The summed E-state index contributed by atoms with van der Waals surface area (Å²) in [5.41, 5.74) is 9.06. The molecule has 0 bridgehead atoms. The molecule has 0 unspecified atom stereocenters. The van der Waals surface area contributed by atoms with Gasteiger partial charge in [0, 0.05) is 32.3 Å². The first-order valence-electron chi connectivity index (χ1n) is 16.4. The van der Waals surface area contributed by atoms with Crippen LogP contribution in [0.5, 0.6) is 0 Å². The van der Waals surface area contributed by atoms with E-state index in [0.29, 0.717) is 22.5 Å². The third-order valence-corrected chi connectivity index (χ3v) is 10.2. The van der Waals surface area contributed by atoms with Gasteiger partial charge >= 0.3 is 0 Å². The minimum absolute atomic E-state index is 0.446. The zero-order chi connectivity index (χ0) is 33.1. The summed E-state index contributed by atoms with van der Waals surface area (Å²) in [5, 5.41) is 29.7. The van der Waals surface area contributed by atoms with Crippen LogP contribution in [0.15, 0.2) is 142 Å². The number of hydrogen-bond acceptors (Lipinski definition) is 4. The van der Waals surface area contributed by atoms with Gasteiger partial charge in [-0.2, -0.15) is 10.5 Å². The fourth-order valence-electron chi connectivity index (χ4n) is 8.11. The van der Waals surface area contributed by atoms with Crippen molar-refractivity contribution in [1.29, 1.82) is 10.5 Å². The lowest BCUT2D eigenvalue weighted by Gasteiger charge is -2.15. The Kier molecular flexibility index (Phi) is 5.16. The molecule has 4 heterocycles. The molecule has 0 atom stereocenters. The third-order valence-electron chi connectivity index (χ3n) is 10.2. The molecule has 0 spiro atoms. The first kappa shape index (κ1) is 26.8. The topological polar surface area (TPSA) is 83.7 Å². The molecule has 0 radical (unpaired) electrons. The van der Waals surface area contributed by atoms with E-state index in [4.69, 9.17) is 8.83 Å². The van der Waals surface area contributed by atoms with E-state index in [1.54, 1.807) is 0 Å². The largest absolute Gasteiger partial charge is 0.455 e. The van der Waals surface area contributed by atoms with Gasteiger partial charge in [0.05, 0.1) is 55.3 Å². The highest BCUT2D eigenvalue weighted by Crippen LogP contribution is 2.43. The quantitative estimate of drug-likeness (QED) is 0.189. The fourth-order valence-corrected chi connectivity index (χ4v) is 8.11. The molecule has 0 amide bonds. The minimum atomic E-state index is 0.446. The monoisotopic (exact) mass is 638 g/mol. The fraction of sp³-hybridized carbons (Fsp3) is 0. The minimum Gasteiger partial charge on any atom is -0.455 e. The van der Waals surface area contributed by atoms with Crippen LogP contribution in [0.3, 0.4) is 0 Å². The summed E-state index contributed by atoms with van der Waals surface area (Å²) in [6.07, 6.45) is 0. The van der Waals surface area contributed by atoms with Crippen molar-refractivity contribution in [3.8, 4) is 23.5 Å². The Labute approximate surface area is 283 Å². The van der Waals surface area contributed by atoms with Gasteiger partial charge < -0.3 is 18.0 Å². The zero-order valence-corrected chi connectivity index (χ0v) is 26.3. The van der Waals surface area contributed by atoms with Crippen molar-refractivity contribution in [3.63, 3.8) is 0 Å². The maximum atomic E-state index is 10.8. The maximum absolute atomic E-state index is 10.8. The number of fused-ring (bicyclic) bond motifs is 14. The Balaban J connectivity index is 1.23. The summed E-state index contributed by atoms with van der Waals surface area (Å²) in [6.45, 7) is 0. The van der Waals surface area contributed by atoms with Crippen molar-refractivity contribution < 1.29 is 8.83 Å². The van der Waals surface area contributed by atoms with Crippen LogP contribution in [0.25, 0.3) is 98.9 Å². The van der Waals surface area contributed by atoms with E-state index >= 15 is 0 Å². The van der Waals surface area contributed by atoms with Gasteiger partial charge in [-0.15, -0.1) is 0 Å². The predicted octanol–water partition coefficient (Wildman–Crippen LogP) is 11.4. The highest BCUT2D eigenvalue weighted by Gasteiger charge is 2.24. The Bertz CT molecular complexity index is 3130. The molecule has 230 valence electrons. The lowest BCUT2D eigenvalue weighted by atomic mass is 10.1. The van der Waals surface area contributed by atoms with Crippen molar-refractivity contribution in [2.24, 2.45) is 0 Å². The highest BCUT2D eigenvalue weighted by atomic mass is 16.3. The summed E-state index contributed by atoms with van der Waals surface area (Å²) in [5.74, 6) is 0. The molecule has 0 N–H and O–H groups in total. The van der Waals surface area contributed by atoms with Gasteiger partial charge in [-0.05, 0) is 60.7 Å². The van der Waals surface area contributed by atoms with Crippen molar-refractivity contribution in [2.45, 2.75) is 0 Å². The van der Waals surface area contributed by atoms with Gasteiger partial charge in [-0.1, -0.05) is 72.8 Å². The number of benzene rings is 7. The average molecular weight is 639 g/mol. The van der Waals surface area contributed by atoms with Crippen LogP contribution in [-0.4, -0.2) is 9.13 Å². The van der Waals surface area contributed by atoms with Crippen LogP contribution in [0.2, 0.25) is 0 Å². The third kappa shape index (κ3) is 3.34. The van der Waals surface area contributed by atoms with E-state index in [1.807, 2.05) is 72.8 Å². The summed E-state index contributed by atoms with van der Waals surface area (Å²) in [7, 11) is 0. The van der Waals surface area contributed by atoms with E-state index in [0.717, 1.165) is 87.5 Å². The molecule has 0 aliphatic rings. The van der Waals surface area contributed by atoms with Gasteiger partial charge in [0.1, 0.15) is 34.5 Å². The number of nitrogens with zero attached hydrogens (tertiary/aromatic N) is 4. The number of rotatable bonds is 2. The van der Waals surface area contributed by atoms with Crippen molar-refractivity contribution in [1.82, 2.24) is 9.13 Å². The standard InChI is InChI=1S/C44H22N4O2/c45-23-25-22-38(48-34-14-6-2-12-32(34)42-36(48)20-18-30-28-10-4-8-16-40(28)50-44(30)42)26(24-46)21-37(25)47-33-13-5-1-11-31(33)41-35(47)19-17-29-27-9-3-7-15-39(27)49-43(29)41/h1-22H. The predicted molar refractivity (Wildman–Crippen MR) is 199 cm³/mol. The van der Waals surface area contributed by atoms with Crippen molar-refractivity contribution >= 4 is 87.5 Å². The molecule has 6 nitrogen and oxygen atoms in total. The molecule has 0 aliphatic carbocycles. The second kappa shape index (κ2) is 9.64. The molecule has 0 saturated carbocycles. The van der Waals surface area contributed by atoms with Crippen LogP contribution >= 0.6 is 0 Å². The molecule has 11 aromatic rings. The molecule has 0 saturated heterocycles. The van der Waals surface area contributed by atoms with Crippen LogP contribution in [0.4, 0.5) is 0 Å². The first-order valence-corrected chi connectivity index (χ1v) is 16.4. The van der Waals surface area contributed by atoms with Crippen molar-refractivity contribution in [2.75, 3.05) is 0 Å². The van der Waals surface area contributed by atoms with Crippen LogP contribution in [0.1, 0.15) is 11.1 Å². The molecule has 4 aromatic heterocycles. The van der Waals surface area contributed by atoms with E-state index in [-0.39, 0.29) is 0 Å². The van der Waals surface area contributed by atoms with Gasteiger partial charge in [-0.3, -0.25) is 0 Å². The number of furan rings is 2. The van der Waals surface area contributed by atoms with E-state index in [2.05, 4.69) is 81.9 Å². The molecule has 50 heavy (non-hydrogen) atoms. The molecular weight excluding hydrogens is 617 g/mol. The van der Waals surface area contributed by atoms with Gasteiger partial charge in [0.2, 0.25) is 0 Å². The lowest BCUT2D eigenvalue weighted by Crippen LogP contribution is -2.04. The number of aromatic nitrogens is 2. The van der Waals surface area contributed by atoms with Crippen LogP contribution < -0.4 is 0 Å². The van der Waals surface area contributed by atoms with Crippen molar-refractivity contribution in [3.05, 3.63) is 145 Å². The van der Waals surface area contributed by atoms with Gasteiger partial charge in [0.25, 0.3) is 0 Å². The second-order valence-corrected chi connectivity index (χ2v) is 12.7. The van der Waals surface area contributed by atoms with Crippen LogP contribution in [0, 0.1) is 22.7 Å². The SMILES string of the molecule is N#Cc1cc(-n2c3ccccc3c3c4oc5ccccc5c4ccc32)c(C#N)cc1-n1c2ccccc2c2c3oc4ccccc4c3ccc21. The molecule has 11 rings (SSSR count). The number of hydrogen-bond donors (Lipinski definition) is 0. The molecule has 7 aromatic carbocycles. The molecule has 0 aliphatic heterocycles. The second-order valence-electron chi connectivity index (χ2n) is 12.7. The Morgan fingerprint density at radius 2 is 0.800 bits per heavy atom. The molecular formula is C44H22N4O2. The Hall–Kier alpha value is -7.28. The lowest BCUT2D eigenvalue weighted by molar-refractivity contribution is 0.672. The Morgan fingerprint density at radius 3 is 1.24 bits per heavy atom. The smallest absolute Gasteiger partial charge is 0.145 e. The summed E-state index contributed by atoms with van der Waals surface area (Å²) in [4.78, 5) is 0. The average Bonchev–Trinajstić information content (AvgIpc) is 3.91.